The number of ether oxygens (including phenoxy) is 1. The van der Waals surface area contributed by atoms with Crippen molar-refractivity contribution in [2.45, 2.75) is 45.7 Å². The van der Waals surface area contributed by atoms with E-state index in [1.165, 1.54) is 18.4 Å². The Morgan fingerprint density at radius 1 is 1.09 bits per heavy atom. The van der Waals surface area contributed by atoms with Gasteiger partial charge in [-0.1, -0.05) is 30.3 Å². The normalized spacial score (nSPS) is 14.7. The number of fused-ring (bicyclic) bond motifs is 1. The molecule has 1 aliphatic heterocycles. The zero-order valence-electron chi connectivity index (χ0n) is 26.1. The standard InChI is InChI=1S/C34H45N7O2/c1-24-19-36-33-31(30(24)35-20-25-15-17-41(18-16-25)21-26-9-7-6-8-10-26)38-32(39-33)27-11-13-28(14-12-27)43-22-29(42)37-23-34(2,3)40(4)5/h6-14,19,25H,15-18,20-23H2,1-5H3,(H,37,42)(H2,35,36,38,39). The highest BCUT2D eigenvalue weighted by molar-refractivity contribution is 5.89. The van der Waals surface area contributed by atoms with Crippen molar-refractivity contribution in [1.29, 1.82) is 0 Å². The lowest BCUT2D eigenvalue weighted by atomic mass is 9.96. The van der Waals surface area contributed by atoms with E-state index < -0.39 is 0 Å². The van der Waals surface area contributed by atoms with Crippen LogP contribution in [-0.2, 0) is 11.3 Å². The van der Waals surface area contributed by atoms with Gasteiger partial charge in [-0.3, -0.25) is 9.69 Å². The molecule has 0 unspecified atom stereocenters. The van der Waals surface area contributed by atoms with Crippen molar-refractivity contribution in [1.82, 2.24) is 30.1 Å². The van der Waals surface area contributed by atoms with Crippen molar-refractivity contribution < 1.29 is 9.53 Å². The van der Waals surface area contributed by atoms with E-state index in [2.05, 4.69) is 81.5 Å². The van der Waals surface area contributed by atoms with E-state index in [1.807, 2.05) is 44.6 Å². The minimum Gasteiger partial charge on any atom is -0.484 e. The fraction of sp³-hybridized carbons (Fsp3) is 0.441. The van der Waals surface area contributed by atoms with Crippen LogP contribution in [-0.4, -0.2) is 83.1 Å². The van der Waals surface area contributed by atoms with Crippen molar-refractivity contribution in [3.8, 4) is 17.1 Å². The summed E-state index contributed by atoms with van der Waals surface area (Å²) in [5.41, 5.74) is 5.96. The number of nitrogens with zero attached hydrogens (tertiary/aromatic N) is 4. The molecule has 0 bridgehead atoms. The number of rotatable bonds is 12. The van der Waals surface area contributed by atoms with Gasteiger partial charge >= 0.3 is 0 Å². The van der Waals surface area contributed by atoms with Crippen LogP contribution in [0.3, 0.4) is 0 Å². The fourth-order valence-corrected chi connectivity index (χ4v) is 5.23. The lowest BCUT2D eigenvalue weighted by Crippen LogP contribution is -2.48. The number of piperidine rings is 1. The van der Waals surface area contributed by atoms with Gasteiger partial charge in [-0.05, 0) is 102 Å². The van der Waals surface area contributed by atoms with Gasteiger partial charge in [0, 0.05) is 36.9 Å². The van der Waals surface area contributed by atoms with Crippen molar-refractivity contribution in [2.24, 2.45) is 5.92 Å². The number of carbonyl (C=O) groups excluding carboxylic acids is 1. The van der Waals surface area contributed by atoms with Crippen molar-refractivity contribution in [3.63, 3.8) is 0 Å². The van der Waals surface area contributed by atoms with Gasteiger partial charge in [0.05, 0.1) is 5.69 Å². The van der Waals surface area contributed by atoms with Gasteiger partial charge in [-0.15, -0.1) is 0 Å². The Morgan fingerprint density at radius 3 is 2.51 bits per heavy atom. The van der Waals surface area contributed by atoms with Gasteiger partial charge < -0.3 is 25.3 Å². The number of aryl methyl sites for hydroxylation is 1. The molecule has 1 aliphatic rings. The molecule has 9 heteroatoms. The third-order valence-electron chi connectivity index (χ3n) is 8.66. The second kappa shape index (κ2) is 13.6. The van der Waals surface area contributed by atoms with Gasteiger partial charge in [0.1, 0.15) is 17.1 Å². The topological polar surface area (TPSA) is 98.4 Å². The minimum atomic E-state index is -0.143. The van der Waals surface area contributed by atoms with Crippen LogP contribution in [0.5, 0.6) is 5.75 Å². The first-order valence-corrected chi connectivity index (χ1v) is 15.2. The lowest BCUT2D eigenvalue weighted by Gasteiger charge is -2.32. The number of aromatic nitrogens is 3. The summed E-state index contributed by atoms with van der Waals surface area (Å²) < 4.78 is 5.72. The Kier molecular flexibility index (Phi) is 9.62. The number of imidazole rings is 1. The highest BCUT2D eigenvalue weighted by atomic mass is 16.5. The first-order chi connectivity index (χ1) is 20.7. The molecule has 1 fully saturated rings. The van der Waals surface area contributed by atoms with Gasteiger partial charge in [0.2, 0.25) is 0 Å². The average Bonchev–Trinajstić information content (AvgIpc) is 3.44. The molecule has 0 atom stereocenters. The van der Waals surface area contributed by atoms with Crippen LogP contribution in [0.1, 0.15) is 37.8 Å². The summed E-state index contributed by atoms with van der Waals surface area (Å²) in [6.07, 6.45) is 4.26. The molecule has 0 aliphatic carbocycles. The minimum absolute atomic E-state index is 0.0300. The maximum absolute atomic E-state index is 12.3. The maximum Gasteiger partial charge on any atom is 0.258 e. The Balaban J connectivity index is 1.15. The molecule has 2 aromatic carbocycles. The largest absolute Gasteiger partial charge is 0.484 e. The number of hydrogen-bond donors (Lipinski definition) is 3. The molecule has 2 aromatic heterocycles. The van der Waals surface area contributed by atoms with E-state index in [0.29, 0.717) is 23.9 Å². The molecule has 0 spiro atoms. The summed E-state index contributed by atoms with van der Waals surface area (Å²) in [5.74, 6) is 1.87. The Labute approximate surface area is 255 Å². The second-order valence-corrected chi connectivity index (χ2v) is 12.5. The highest BCUT2D eigenvalue weighted by Crippen LogP contribution is 2.29. The molecule has 0 saturated carbocycles. The summed E-state index contributed by atoms with van der Waals surface area (Å²) in [6, 6.07) is 18.4. The van der Waals surface area contributed by atoms with Crippen molar-refractivity contribution in [3.05, 3.63) is 71.9 Å². The van der Waals surface area contributed by atoms with E-state index in [-0.39, 0.29) is 18.1 Å². The molecule has 0 radical (unpaired) electrons. The SMILES string of the molecule is Cc1cnc2nc(-c3ccc(OCC(=O)NCC(C)(C)N(C)C)cc3)[nH]c2c1NCC1CCN(Cc2ccccc2)CC1. The number of benzene rings is 2. The van der Waals surface area contributed by atoms with Crippen LogP contribution in [0.4, 0.5) is 5.69 Å². The smallest absolute Gasteiger partial charge is 0.258 e. The molecule has 1 amide bonds. The van der Waals surface area contributed by atoms with Gasteiger partial charge in [0.15, 0.2) is 12.3 Å². The molecule has 5 rings (SSSR count). The molecule has 4 aromatic rings. The molecule has 228 valence electrons. The molecule has 3 N–H and O–H groups in total. The van der Waals surface area contributed by atoms with E-state index in [4.69, 9.17) is 9.72 Å². The molecule has 3 heterocycles. The zero-order chi connectivity index (χ0) is 30.4. The number of anilines is 1. The number of likely N-dealkylation sites (N-methyl/N-ethyl adjacent to an activating group) is 1. The maximum atomic E-state index is 12.3. The summed E-state index contributed by atoms with van der Waals surface area (Å²) in [7, 11) is 4.00. The van der Waals surface area contributed by atoms with Crippen LogP contribution in [0.15, 0.2) is 60.8 Å². The Morgan fingerprint density at radius 2 is 1.81 bits per heavy atom. The molecule has 43 heavy (non-hydrogen) atoms. The van der Waals surface area contributed by atoms with Gasteiger partial charge in [-0.25, -0.2) is 9.97 Å². The molecular weight excluding hydrogens is 538 g/mol. The first kappa shape index (κ1) is 30.5. The Hall–Kier alpha value is -3.95. The van der Waals surface area contributed by atoms with Crippen LogP contribution in [0.2, 0.25) is 0 Å². The summed E-state index contributed by atoms with van der Waals surface area (Å²) in [4.78, 5) is 29.8. The second-order valence-electron chi connectivity index (χ2n) is 12.5. The lowest BCUT2D eigenvalue weighted by molar-refractivity contribution is -0.123. The number of nitrogens with one attached hydrogen (secondary N) is 3. The number of amides is 1. The van der Waals surface area contributed by atoms with E-state index in [9.17, 15) is 4.79 Å². The molecule has 9 nitrogen and oxygen atoms in total. The highest BCUT2D eigenvalue weighted by Gasteiger charge is 2.22. The zero-order valence-corrected chi connectivity index (χ0v) is 26.1. The fourth-order valence-electron chi connectivity index (χ4n) is 5.23. The number of carbonyl (C=O) groups is 1. The van der Waals surface area contributed by atoms with Gasteiger partial charge in [-0.2, -0.15) is 0 Å². The average molecular weight is 584 g/mol. The monoisotopic (exact) mass is 583 g/mol. The number of aromatic amines is 1. The first-order valence-electron chi connectivity index (χ1n) is 15.2. The third kappa shape index (κ3) is 7.91. The van der Waals surface area contributed by atoms with E-state index in [1.54, 1.807) is 0 Å². The molecular formula is C34H45N7O2. The quantitative estimate of drug-likeness (QED) is 0.214. The number of hydrogen-bond acceptors (Lipinski definition) is 7. The van der Waals surface area contributed by atoms with Gasteiger partial charge in [0.25, 0.3) is 5.91 Å². The number of likely N-dealkylation sites (tertiary alicyclic amines) is 1. The van der Waals surface area contributed by atoms with Crippen molar-refractivity contribution >= 4 is 22.8 Å². The number of pyridine rings is 1. The summed E-state index contributed by atoms with van der Waals surface area (Å²) in [5, 5.41) is 6.67. The van der Waals surface area contributed by atoms with E-state index >= 15 is 0 Å². The number of H-pyrrole nitrogens is 1. The predicted molar refractivity (Wildman–Crippen MR) is 173 cm³/mol. The van der Waals surface area contributed by atoms with Crippen molar-refractivity contribution in [2.75, 3.05) is 52.2 Å². The van der Waals surface area contributed by atoms with Crippen LogP contribution in [0, 0.1) is 12.8 Å². The summed E-state index contributed by atoms with van der Waals surface area (Å²) in [6.45, 7) is 11.0. The van der Waals surface area contributed by atoms with Crippen LogP contribution in [0.25, 0.3) is 22.6 Å². The summed E-state index contributed by atoms with van der Waals surface area (Å²) >= 11 is 0. The van der Waals surface area contributed by atoms with Crippen LogP contribution >= 0.6 is 0 Å². The Bertz CT molecular complexity index is 1490. The molecule has 1 saturated heterocycles. The van der Waals surface area contributed by atoms with Crippen LogP contribution < -0.4 is 15.4 Å². The van der Waals surface area contributed by atoms with E-state index in [0.717, 1.165) is 54.3 Å². The predicted octanol–water partition coefficient (Wildman–Crippen LogP) is 5.09. The third-order valence-corrected chi connectivity index (χ3v) is 8.66.